The monoisotopic (exact) mass is 260 g/mol. The summed E-state index contributed by atoms with van der Waals surface area (Å²) in [5.41, 5.74) is 10.7. The molecular formula is C12H12N4OS. The molecule has 0 spiro atoms. The number of nitrogens with two attached hydrogens (primary N) is 1. The number of hydrogen-bond acceptors (Lipinski definition) is 6. The lowest BCUT2D eigenvalue weighted by molar-refractivity contribution is 0.615. The molecule has 0 aliphatic heterocycles. The van der Waals surface area contributed by atoms with E-state index < -0.39 is 0 Å². The summed E-state index contributed by atoms with van der Waals surface area (Å²) in [5, 5.41) is 3.14. The standard InChI is InChI=1S/C12H12N4OS/c1-7-10(18-6-15-7)5-14-12-16-11-8(13)3-2-4-9(11)17-12/h2-4,6H,5,13H2,1H3,(H,14,16). The number of aryl methyl sites for hydroxylation is 1. The molecule has 0 radical (unpaired) electrons. The maximum absolute atomic E-state index is 5.83. The summed E-state index contributed by atoms with van der Waals surface area (Å²) >= 11 is 1.61. The van der Waals surface area contributed by atoms with Gasteiger partial charge in [0, 0.05) is 4.88 Å². The van der Waals surface area contributed by atoms with E-state index in [2.05, 4.69) is 15.3 Å². The van der Waals surface area contributed by atoms with E-state index >= 15 is 0 Å². The zero-order valence-corrected chi connectivity index (χ0v) is 10.6. The van der Waals surface area contributed by atoms with E-state index in [0.29, 0.717) is 29.3 Å². The van der Waals surface area contributed by atoms with Crippen molar-refractivity contribution >= 4 is 34.1 Å². The van der Waals surface area contributed by atoms with Crippen LogP contribution in [0.2, 0.25) is 0 Å². The third-order valence-corrected chi connectivity index (χ3v) is 3.63. The lowest BCUT2D eigenvalue weighted by atomic mass is 10.3. The van der Waals surface area contributed by atoms with Crippen molar-refractivity contribution in [1.82, 2.24) is 9.97 Å². The van der Waals surface area contributed by atoms with Crippen LogP contribution in [-0.4, -0.2) is 9.97 Å². The largest absolute Gasteiger partial charge is 0.423 e. The molecule has 3 aromatic rings. The van der Waals surface area contributed by atoms with E-state index in [9.17, 15) is 0 Å². The number of oxazole rings is 1. The molecule has 0 saturated heterocycles. The Morgan fingerprint density at radius 2 is 2.33 bits per heavy atom. The van der Waals surface area contributed by atoms with Crippen molar-refractivity contribution in [2.75, 3.05) is 11.1 Å². The van der Waals surface area contributed by atoms with Crippen molar-refractivity contribution in [1.29, 1.82) is 0 Å². The summed E-state index contributed by atoms with van der Waals surface area (Å²) < 4.78 is 5.57. The maximum atomic E-state index is 5.83. The van der Waals surface area contributed by atoms with Gasteiger partial charge < -0.3 is 15.5 Å². The van der Waals surface area contributed by atoms with E-state index in [1.807, 2.05) is 30.6 Å². The highest BCUT2D eigenvalue weighted by Crippen LogP contribution is 2.24. The van der Waals surface area contributed by atoms with Crippen LogP contribution in [0.4, 0.5) is 11.7 Å². The lowest BCUT2D eigenvalue weighted by Crippen LogP contribution is -1.99. The molecule has 0 unspecified atom stereocenters. The van der Waals surface area contributed by atoms with E-state index in [1.54, 1.807) is 11.3 Å². The van der Waals surface area contributed by atoms with E-state index in [-0.39, 0.29) is 0 Å². The van der Waals surface area contributed by atoms with Gasteiger partial charge in [0.25, 0.3) is 6.01 Å². The molecule has 6 heteroatoms. The molecular weight excluding hydrogens is 248 g/mol. The second-order valence-corrected chi connectivity index (χ2v) is 4.87. The SMILES string of the molecule is Cc1ncsc1CNc1nc2c(N)cccc2o1. The number of hydrogen-bond donors (Lipinski definition) is 2. The molecule has 1 aromatic carbocycles. The summed E-state index contributed by atoms with van der Waals surface area (Å²) in [7, 11) is 0. The minimum Gasteiger partial charge on any atom is -0.423 e. The number of fused-ring (bicyclic) bond motifs is 1. The number of aromatic nitrogens is 2. The first kappa shape index (κ1) is 11.0. The van der Waals surface area contributed by atoms with Crippen molar-refractivity contribution in [3.8, 4) is 0 Å². The fourth-order valence-electron chi connectivity index (χ4n) is 1.70. The smallest absolute Gasteiger partial charge is 0.296 e. The van der Waals surface area contributed by atoms with Crippen LogP contribution in [0, 0.1) is 6.92 Å². The fourth-order valence-corrected chi connectivity index (χ4v) is 2.41. The Balaban J connectivity index is 1.83. The van der Waals surface area contributed by atoms with Crippen LogP contribution in [0.3, 0.4) is 0 Å². The van der Waals surface area contributed by atoms with Gasteiger partial charge in [-0.2, -0.15) is 4.98 Å². The summed E-state index contributed by atoms with van der Waals surface area (Å²) in [5.74, 6) is 0. The van der Waals surface area contributed by atoms with Gasteiger partial charge in [0.1, 0.15) is 5.52 Å². The third kappa shape index (κ3) is 1.91. The molecule has 3 rings (SSSR count). The molecule has 5 nitrogen and oxygen atoms in total. The number of nitrogens with zero attached hydrogens (tertiary/aromatic N) is 2. The van der Waals surface area contributed by atoms with E-state index in [0.717, 1.165) is 5.69 Å². The number of rotatable bonds is 3. The van der Waals surface area contributed by atoms with Gasteiger partial charge in [0.05, 0.1) is 23.4 Å². The molecule has 0 amide bonds. The van der Waals surface area contributed by atoms with Gasteiger partial charge in [-0.25, -0.2) is 4.98 Å². The Labute approximate surface area is 108 Å². The van der Waals surface area contributed by atoms with Gasteiger partial charge >= 0.3 is 0 Å². The third-order valence-electron chi connectivity index (χ3n) is 2.70. The molecule has 18 heavy (non-hydrogen) atoms. The molecule has 0 bridgehead atoms. The van der Waals surface area contributed by atoms with Crippen LogP contribution in [0.1, 0.15) is 10.6 Å². The molecule has 0 saturated carbocycles. The topological polar surface area (TPSA) is 77.0 Å². The van der Waals surface area contributed by atoms with Crippen LogP contribution >= 0.6 is 11.3 Å². The van der Waals surface area contributed by atoms with Crippen LogP contribution in [0.25, 0.3) is 11.1 Å². The zero-order chi connectivity index (χ0) is 12.5. The molecule has 0 fully saturated rings. The average Bonchev–Trinajstić information content (AvgIpc) is 2.93. The highest BCUT2D eigenvalue weighted by atomic mass is 32.1. The van der Waals surface area contributed by atoms with Crippen LogP contribution in [0.5, 0.6) is 0 Å². The maximum Gasteiger partial charge on any atom is 0.296 e. The van der Waals surface area contributed by atoms with Gasteiger partial charge in [-0.1, -0.05) is 6.07 Å². The molecule has 3 N–H and O–H groups in total. The molecule has 0 aliphatic carbocycles. The van der Waals surface area contributed by atoms with E-state index in [1.165, 1.54) is 4.88 Å². The quantitative estimate of drug-likeness (QED) is 0.708. The summed E-state index contributed by atoms with van der Waals surface area (Å²) in [6.07, 6.45) is 0. The zero-order valence-electron chi connectivity index (χ0n) is 9.80. The highest BCUT2D eigenvalue weighted by molar-refractivity contribution is 7.09. The summed E-state index contributed by atoms with van der Waals surface area (Å²) in [4.78, 5) is 9.69. The van der Waals surface area contributed by atoms with Gasteiger partial charge in [-0.3, -0.25) is 0 Å². The second kappa shape index (κ2) is 4.30. The first-order valence-electron chi connectivity index (χ1n) is 5.52. The average molecular weight is 260 g/mol. The lowest BCUT2D eigenvalue weighted by Gasteiger charge is -1.98. The molecule has 0 atom stereocenters. The van der Waals surface area contributed by atoms with Crippen LogP contribution in [-0.2, 0) is 6.54 Å². The number of thiazole rings is 1. The molecule has 0 aliphatic rings. The Morgan fingerprint density at radius 1 is 1.44 bits per heavy atom. The van der Waals surface area contributed by atoms with Crippen LogP contribution in [0.15, 0.2) is 28.1 Å². The Hall–Kier alpha value is -2.08. The normalized spacial score (nSPS) is 10.9. The predicted octanol–water partition coefficient (Wildman–Crippen LogP) is 2.79. The summed E-state index contributed by atoms with van der Waals surface area (Å²) in [6, 6.07) is 5.99. The first-order chi connectivity index (χ1) is 8.74. The number of para-hydroxylation sites is 1. The minimum absolute atomic E-state index is 0.482. The van der Waals surface area contributed by atoms with Crippen molar-refractivity contribution in [3.05, 3.63) is 34.3 Å². The number of nitrogens with one attached hydrogen (secondary N) is 1. The number of benzene rings is 1. The Bertz CT molecular complexity index is 688. The summed E-state index contributed by atoms with van der Waals surface area (Å²) in [6.45, 7) is 2.64. The number of nitrogen functional groups attached to an aromatic ring is 1. The van der Waals surface area contributed by atoms with Crippen molar-refractivity contribution in [2.24, 2.45) is 0 Å². The predicted molar refractivity (Wildman–Crippen MR) is 72.6 cm³/mol. The van der Waals surface area contributed by atoms with Crippen molar-refractivity contribution in [3.63, 3.8) is 0 Å². The van der Waals surface area contributed by atoms with Crippen LogP contribution < -0.4 is 11.1 Å². The second-order valence-electron chi connectivity index (χ2n) is 3.93. The van der Waals surface area contributed by atoms with Gasteiger partial charge in [-0.15, -0.1) is 11.3 Å². The van der Waals surface area contributed by atoms with Crippen molar-refractivity contribution < 1.29 is 4.42 Å². The Morgan fingerprint density at radius 3 is 3.06 bits per heavy atom. The van der Waals surface area contributed by atoms with Gasteiger partial charge in [-0.05, 0) is 19.1 Å². The molecule has 92 valence electrons. The van der Waals surface area contributed by atoms with Gasteiger partial charge in [0.2, 0.25) is 0 Å². The molecule has 2 aromatic heterocycles. The van der Waals surface area contributed by atoms with E-state index in [4.69, 9.17) is 10.2 Å². The van der Waals surface area contributed by atoms with Gasteiger partial charge in [0.15, 0.2) is 5.58 Å². The first-order valence-corrected chi connectivity index (χ1v) is 6.40. The van der Waals surface area contributed by atoms with Crippen molar-refractivity contribution in [2.45, 2.75) is 13.5 Å². The molecule has 2 heterocycles. The fraction of sp³-hybridized carbons (Fsp3) is 0.167. The minimum atomic E-state index is 0.482. The Kier molecular flexibility index (Phi) is 2.64. The number of anilines is 2. The highest BCUT2D eigenvalue weighted by Gasteiger charge is 2.08.